The first-order valence-corrected chi connectivity index (χ1v) is 7.44. The highest BCUT2D eigenvalue weighted by Gasteiger charge is 2.21. The minimum absolute atomic E-state index is 0.0705. The number of hydrogen-bond acceptors (Lipinski definition) is 3. The summed E-state index contributed by atoms with van der Waals surface area (Å²) in [5, 5.41) is 15.5. The Bertz CT molecular complexity index is 521. The van der Waals surface area contributed by atoms with Crippen molar-refractivity contribution in [3.63, 3.8) is 0 Å². The Kier molecular flexibility index (Phi) is 7.32. The van der Waals surface area contributed by atoms with E-state index in [1.807, 2.05) is 13.0 Å². The van der Waals surface area contributed by atoms with Crippen LogP contribution in [-0.2, 0) is 11.2 Å². The second kappa shape index (κ2) is 8.74. The maximum absolute atomic E-state index is 12.0. The number of amides is 1. The monoisotopic (exact) mass is 331 g/mol. The molecular weight excluding hydrogens is 313 g/mol. The summed E-state index contributed by atoms with van der Waals surface area (Å²) in [5.41, 5.74) is 6.43. The van der Waals surface area contributed by atoms with Crippen molar-refractivity contribution in [1.82, 2.24) is 5.32 Å². The predicted octanol–water partition coefficient (Wildman–Crippen LogP) is 2.81. The summed E-state index contributed by atoms with van der Waals surface area (Å²) in [5.74, 6) is -0.934. The standard InChI is InChI=1S/C14H19Cl2N3O2/c1-2-3-11(13(17)19-21)14(20)18-7-6-9-4-5-10(15)8-12(9)16/h4-5,8,11,21H,2-3,6-7H2,1H3,(H2,17,19)(H,18,20). The molecular formula is C14H19Cl2N3O2. The summed E-state index contributed by atoms with van der Waals surface area (Å²) >= 11 is 11.9. The number of benzene rings is 1. The Morgan fingerprint density at radius 2 is 2.19 bits per heavy atom. The first-order chi connectivity index (χ1) is 9.99. The van der Waals surface area contributed by atoms with Gasteiger partial charge in [-0.3, -0.25) is 4.79 Å². The normalized spacial score (nSPS) is 13.0. The Hall–Kier alpha value is -1.46. The number of oxime groups is 1. The molecule has 1 aromatic rings. The molecule has 0 fully saturated rings. The van der Waals surface area contributed by atoms with Gasteiger partial charge in [0.1, 0.15) is 0 Å². The molecule has 1 aromatic carbocycles. The lowest BCUT2D eigenvalue weighted by Crippen LogP contribution is -2.39. The smallest absolute Gasteiger partial charge is 0.230 e. The third-order valence-corrected chi connectivity index (χ3v) is 3.66. The van der Waals surface area contributed by atoms with E-state index in [-0.39, 0.29) is 11.7 Å². The molecule has 0 spiro atoms. The van der Waals surface area contributed by atoms with Crippen LogP contribution in [0.2, 0.25) is 10.0 Å². The largest absolute Gasteiger partial charge is 0.409 e. The zero-order valence-electron chi connectivity index (χ0n) is 11.8. The van der Waals surface area contributed by atoms with E-state index in [2.05, 4.69) is 10.5 Å². The van der Waals surface area contributed by atoms with E-state index >= 15 is 0 Å². The van der Waals surface area contributed by atoms with Gasteiger partial charge in [0.25, 0.3) is 0 Å². The van der Waals surface area contributed by atoms with Gasteiger partial charge in [-0.2, -0.15) is 0 Å². The summed E-state index contributed by atoms with van der Waals surface area (Å²) in [4.78, 5) is 12.0. The Labute approximate surface area is 134 Å². The molecule has 21 heavy (non-hydrogen) atoms. The maximum atomic E-state index is 12.0. The molecule has 7 heteroatoms. The van der Waals surface area contributed by atoms with Crippen LogP contribution < -0.4 is 11.1 Å². The van der Waals surface area contributed by atoms with Gasteiger partial charge in [0, 0.05) is 16.6 Å². The molecule has 1 unspecified atom stereocenters. The van der Waals surface area contributed by atoms with Crippen LogP contribution in [-0.4, -0.2) is 23.5 Å². The average Bonchev–Trinajstić information content (AvgIpc) is 2.46. The number of halogens is 2. The van der Waals surface area contributed by atoms with Crippen molar-refractivity contribution in [2.75, 3.05) is 6.54 Å². The van der Waals surface area contributed by atoms with E-state index in [0.717, 1.165) is 12.0 Å². The van der Waals surface area contributed by atoms with E-state index in [9.17, 15) is 4.79 Å². The molecule has 0 aromatic heterocycles. The van der Waals surface area contributed by atoms with Crippen molar-refractivity contribution >= 4 is 34.9 Å². The van der Waals surface area contributed by atoms with Gasteiger partial charge < -0.3 is 16.3 Å². The number of carbonyl (C=O) groups is 1. The van der Waals surface area contributed by atoms with Crippen LogP contribution in [0.4, 0.5) is 0 Å². The molecule has 0 aliphatic rings. The van der Waals surface area contributed by atoms with Crippen LogP contribution in [0.25, 0.3) is 0 Å². The average molecular weight is 332 g/mol. The number of nitrogens with two attached hydrogens (primary N) is 1. The molecule has 116 valence electrons. The molecule has 0 heterocycles. The van der Waals surface area contributed by atoms with Crippen molar-refractivity contribution in [2.45, 2.75) is 26.2 Å². The molecule has 0 bridgehead atoms. The lowest BCUT2D eigenvalue weighted by Gasteiger charge is -2.14. The molecule has 0 saturated heterocycles. The predicted molar refractivity (Wildman–Crippen MR) is 85.0 cm³/mol. The van der Waals surface area contributed by atoms with Crippen LogP contribution >= 0.6 is 23.2 Å². The Morgan fingerprint density at radius 1 is 1.48 bits per heavy atom. The first-order valence-electron chi connectivity index (χ1n) is 6.68. The first kappa shape index (κ1) is 17.6. The topological polar surface area (TPSA) is 87.7 Å². The molecule has 5 nitrogen and oxygen atoms in total. The number of hydrogen-bond donors (Lipinski definition) is 3. The molecule has 1 amide bonds. The lowest BCUT2D eigenvalue weighted by atomic mass is 10.0. The van der Waals surface area contributed by atoms with Gasteiger partial charge in [0.15, 0.2) is 5.84 Å². The summed E-state index contributed by atoms with van der Waals surface area (Å²) in [6.07, 6.45) is 1.87. The third kappa shape index (κ3) is 5.44. The van der Waals surface area contributed by atoms with Crippen LogP contribution in [0.1, 0.15) is 25.3 Å². The second-order valence-electron chi connectivity index (χ2n) is 4.64. The molecule has 0 saturated carbocycles. The Balaban J connectivity index is 2.55. The van der Waals surface area contributed by atoms with Crippen molar-refractivity contribution in [1.29, 1.82) is 0 Å². The molecule has 4 N–H and O–H groups in total. The summed E-state index contributed by atoms with van der Waals surface area (Å²) in [6, 6.07) is 5.24. The van der Waals surface area contributed by atoms with Crippen LogP contribution in [0.3, 0.4) is 0 Å². The number of nitrogens with zero attached hydrogens (tertiary/aromatic N) is 1. The summed E-state index contributed by atoms with van der Waals surface area (Å²) in [6.45, 7) is 2.34. The molecule has 0 aliphatic heterocycles. The fourth-order valence-corrected chi connectivity index (χ4v) is 2.44. The number of nitrogens with one attached hydrogen (secondary N) is 1. The van der Waals surface area contributed by atoms with Crippen molar-refractivity contribution < 1.29 is 10.0 Å². The SMILES string of the molecule is CCCC(C(=O)NCCc1ccc(Cl)cc1Cl)C(N)=NO. The Morgan fingerprint density at radius 3 is 2.76 bits per heavy atom. The van der Waals surface area contributed by atoms with E-state index in [1.54, 1.807) is 12.1 Å². The molecule has 0 aliphatic carbocycles. The zero-order valence-corrected chi connectivity index (χ0v) is 13.3. The second-order valence-corrected chi connectivity index (χ2v) is 5.49. The van der Waals surface area contributed by atoms with Gasteiger partial charge in [-0.25, -0.2) is 0 Å². The van der Waals surface area contributed by atoms with E-state index in [0.29, 0.717) is 29.4 Å². The number of carbonyl (C=O) groups excluding carboxylic acids is 1. The minimum atomic E-state index is -0.610. The van der Waals surface area contributed by atoms with Crippen LogP contribution in [0.5, 0.6) is 0 Å². The number of rotatable bonds is 7. The van der Waals surface area contributed by atoms with Gasteiger partial charge in [-0.15, -0.1) is 0 Å². The molecule has 0 radical (unpaired) electrons. The van der Waals surface area contributed by atoms with E-state index < -0.39 is 5.92 Å². The third-order valence-electron chi connectivity index (χ3n) is 3.08. The quantitative estimate of drug-likeness (QED) is 0.310. The molecule has 1 atom stereocenters. The van der Waals surface area contributed by atoms with Crippen molar-refractivity contribution in [2.24, 2.45) is 16.8 Å². The fourth-order valence-electron chi connectivity index (χ4n) is 1.94. The van der Waals surface area contributed by atoms with Crippen molar-refractivity contribution in [3.05, 3.63) is 33.8 Å². The number of amidine groups is 1. The summed E-state index contributed by atoms with van der Waals surface area (Å²) in [7, 11) is 0. The van der Waals surface area contributed by atoms with E-state index in [4.69, 9.17) is 34.1 Å². The van der Waals surface area contributed by atoms with Gasteiger partial charge in [0.2, 0.25) is 5.91 Å². The van der Waals surface area contributed by atoms with Gasteiger partial charge in [-0.05, 0) is 30.5 Å². The van der Waals surface area contributed by atoms with Crippen LogP contribution in [0, 0.1) is 5.92 Å². The van der Waals surface area contributed by atoms with E-state index in [1.165, 1.54) is 0 Å². The van der Waals surface area contributed by atoms with Gasteiger partial charge >= 0.3 is 0 Å². The van der Waals surface area contributed by atoms with Crippen molar-refractivity contribution in [3.8, 4) is 0 Å². The highest BCUT2D eigenvalue weighted by molar-refractivity contribution is 6.35. The molecule has 1 rings (SSSR count). The minimum Gasteiger partial charge on any atom is -0.409 e. The maximum Gasteiger partial charge on any atom is 0.230 e. The summed E-state index contributed by atoms with van der Waals surface area (Å²) < 4.78 is 0. The highest BCUT2D eigenvalue weighted by Crippen LogP contribution is 2.21. The fraction of sp³-hybridized carbons (Fsp3) is 0.429. The lowest BCUT2D eigenvalue weighted by molar-refractivity contribution is -0.123. The van der Waals surface area contributed by atoms with Gasteiger partial charge in [-0.1, -0.05) is 47.8 Å². The van der Waals surface area contributed by atoms with Gasteiger partial charge in [0.05, 0.1) is 5.92 Å². The zero-order chi connectivity index (χ0) is 15.8. The van der Waals surface area contributed by atoms with Crippen LogP contribution in [0.15, 0.2) is 23.4 Å². The highest BCUT2D eigenvalue weighted by atomic mass is 35.5.